The average molecular weight is 233 g/mol. The van der Waals surface area contributed by atoms with Crippen molar-refractivity contribution in [2.75, 3.05) is 6.54 Å². The van der Waals surface area contributed by atoms with Crippen molar-refractivity contribution >= 4 is 0 Å². The zero-order chi connectivity index (χ0) is 12.3. The van der Waals surface area contributed by atoms with Crippen molar-refractivity contribution in [3.05, 3.63) is 34.9 Å². The fourth-order valence-electron chi connectivity index (χ4n) is 2.62. The molecule has 1 aliphatic heterocycles. The standard InChI is InChI=1S/C15H23NO/c1-11-7-8-12(2)13(10-11)15(17)14-6-4-3-5-9-16-14/h7-8,10,14-17H,3-6,9H2,1-2H3. The fraction of sp³-hybridized carbons (Fsp3) is 0.600. The van der Waals surface area contributed by atoms with Crippen LogP contribution in [0.5, 0.6) is 0 Å². The molecule has 2 atom stereocenters. The fourth-order valence-corrected chi connectivity index (χ4v) is 2.62. The second kappa shape index (κ2) is 5.65. The summed E-state index contributed by atoms with van der Waals surface area (Å²) in [5, 5.41) is 14.0. The summed E-state index contributed by atoms with van der Waals surface area (Å²) in [4.78, 5) is 0. The molecule has 0 aliphatic carbocycles. The van der Waals surface area contributed by atoms with Gasteiger partial charge in [-0.25, -0.2) is 0 Å². The molecule has 1 aromatic rings. The Balaban J connectivity index is 2.16. The maximum absolute atomic E-state index is 10.5. The molecule has 0 radical (unpaired) electrons. The number of hydrogen-bond acceptors (Lipinski definition) is 2. The second-order valence-electron chi connectivity index (χ2n) is 5.21. The van der Waals surface area contributed by atoms with E-state index >= 15 is 0 Å². The van der Waals surface area contributed by atoms with E-state index in [2.05, 4.69) is 37.4 Å². The van der Waals surface area contributed by atoms with Crippen molar-refractivity contribution in [1.29, 1.82) is 0 Å². The maximum atomic E-state index is 10.5. The first-order valence-electron chi connectivity index (χ1n) is 6.67. The third kappa shape index (κ3) is 3.08. The highest BCUT2D eigenvalue weighted by atomic mass is 16.3. The van der Waals surface area contributed by atoms with Crippen LogP contribution in [-0.4, -0.2) is 17.7 Å². The van der Waals surface area contributed by atoms with Crippen molar-refractivity contribution in [2.24, 2.45) is 0 Å². The predicted molar refractivity (Wildman–Crippen MR) is 71.1 cm³/mol. The van der Waals surface area contributed by atoms with Gasteiger partial charge in [0.1, 0.15) is 0 Å². The van der Waals surface area contributed by atoms with E-state index in [-0.39, 0.29) is 12.1 Å². The molecule has 94 valence electrons. The molecule has 17 heavy (non-hydrogen) atoms. The number of aryl methyl sites for hydroxylation is 2. The molecule has 1 aliphatic rings. The summed E-state index contributed by atoms with van der Waals surface area (Å²) in [5.74, 6) is 0. The average Bonchev–Trinajstić information content (AvgIpc) is 2.60. The van der Waals surface area contributed by atoms with Crippen LogP contribution in [0.25, 0.3) is 0 Å². The molecule has 1 fully saturated rings. The highest BCUT2D eigenvalue weighted by Gasteiger charge is 2.22. The topological polar surface area (TPSA) is 32.3 Å². The molecule has 1 saturated heterocycles. The number of hydrogen-bond donors (Lipinski definition) is 2. The molecule has 2 heteroatoms. The molecule has 1 heterocycles. The number of aliphatic hydroxyl groups is 1. The molecule has 1 aromatic carbocycles. The largest absolute Gasteiger partial charge is 0.387 e. The van der Waals surface area contributed by atoms with Gasteiger partial charge in [0.2, 0.25) is 0 Å². The first-order chi connectivity index (χ1) is 8.18. The Morgan fingerprint density at radius 2 is 2.06 bits per heavy atom. The Morgan fingerprint density at radius 3 is 2.88 bits per heavy atom. The highest BCUT2D eigenvalue weighted by Crippen LogP contribution is 2.25. The maximum Gasteiger partial charge on any atom is 0.0945 e. The molecular formula is C15H23NO. The summed E-state index contributed by atoms with van der Waals surface area (Å²) in [6.45, 7) is 5.19. The number of rotatable bonds is 2. The van der Waals surface area contributed by atoms with Crippen LogP contribution < -0.4 is 5.32 Å². The van der Waals surface area contributed by atoms with E-state index in [1.54, 1.807) is 0 Å². The van der Waals surface area contributed by atoms with E-state index in [1.807, 2.05) is 0 Å². The Bertz CT molecular complexity index is 367. The first-order valence-corrected chi connectivity index (χ1v) is 6.67. The lowest BCUT2D eigenvalue weighted by Gasteiger charge is -2.24. The lowest BCUT2D eigenvalue weighted by atomic mass is 9.94. The van der Waals surface area contributed by atoms with E-state index in [0.29, 0.717) is 0 Å². The minimum Gasteiger partial charge on any atom is -0.387 e. The second-order valence-corrected chi connectivity index (χ2v) is 5.21. The molecule has 0 saturated carbocycles. The van der Waals surface area contributed by atoms with Gasteiger partial charge in [0, 0.05) is 6.04 Å². The van der Waals surface area contributed by atoms with E-state index in [1.165, 1.54) is 30.4 Å². The van der Waals surface area contributed by atoms with Gasteiger partial charge in [0.25, 0.3) is 0 Å². The predicted octanol–water partition coefficient (Wildman–Crippen LogP) is 2.87. The van der Waals surface area contributed by atoms with E-state index < -0.39 is 0 Å². The van der Waals surface area contributed by atoms with Gasteiger partial charge in [0.05, 0.1) is 6.10 Å². The molecule has 2 unspecified atom stereocenters. The van der Waals surface area contributed by atoms with E-state index in [0.717, 1.165) is 18.5 Å². The summed E-state index contributed by atoms with van der Waals surface area (Å²) in [5.41, 5.74) is 3.50. The highest BCUT2D eigenvalue weighted by molar-refractivity contribution is 5.33. The molecular weight excluding hydrogens is 210 g/mol. The molecule has 0 spiro atoms. The SMILES string of the molecule is Cc1ccc(C)c(C(O)C2CCCCCN2)c1. The van der Waals surface area contributed by atoms with Gasteiger partial charge < -0.3 is 10.4 Å². The number of aliphatic hydroxyl groups excluding tert-OH is 1. The van der Waals surface area contributed by atoms with Gasteiger partial charge in [-0.15, -0.1) is 0 Å². The third-order valence-corrected chi connectivity index (χ3v) is 3.73. The van der Waals surface area contributed by atoms with Crippen molar-refractivity contribution in [1.82, 2.24) is 5.32 Å². The van der Waals surface area contributed by atoms with Gasteiger partial charge in [-0.1, -0.05) is 36.6 Å². The molecule has 0 bridgehead atoms. The normalized spacial score (nSPS) is 23.1. The lowest BCUT2D eigenvalue weighted by molar-refractivity contribution is 0.125. The van der Waals surface area contributed by atoms with Crippen molar-refractivity contribution in [2.45, 2.75) is 51.7 Å². The summed E-state index contributed by atoms with van der Waals surface area (Å²) in [7, 11) is 0. The first kappa shape index (κ1) is 12.6. The third-order valence-electron chi connectivity index (χ3n) is 3.73. The van der Waals surface area contributed by atoms with E-state index in [9.17, 15) is 5.11 Å². The van der Waals surface area contributed by atoms with Crippen LogP contribution in [0.1, 0.15) is 48.5 Å². The summed E-state index contributed by atoms with van der Waals surface area (Å²) < 4.78 is 0. The van der Waals surface area contributed by atoms with Crippen LogP contribution in [0.3, 0.4) is 0 Å². The van der Waals surface area contributed by atoms with Crippen LogP contribution in [0.2, 0.25) is 0 Å². The van der Waals surface area contributed by atoms with Crippen molar-refractivity contribution in [3.63, 3.8) is 0 Å². The summed E-state index contributed by atoms with van der Waals surface area (Å²) in [6, 6.07) is 6.54. The van der Waals surface area contributed by atoms with Crippen LogP contribution >= 0.6 is 0 Å². The Morgan fingerprint density at radius 1 is 1.24 bits per heavy atom. The minimum atomic E-state index is -0.368. The Labute approximate surface area is 104 Å². The van der Waals surface area contributed by atoms with Crippen molar-refractivity contribution < 1.29 is 5.11 Å². The Kier molecular flexibility index (Phi) is 4.19. The van der Waals surface area contributed by atoms with Gasteiger partial charge >= 0.3 is 0 Å². The monoisotopic (exact) mass is 233 g/mol. The minimum absolute atomic E-state index is 0.220. The number of benzene rings is 1. The molecule has 2 nitrogen and oxygen atoms in total. The molecule has 0 amide bonds. The smallest absolute Gasteiger partial charge is 0.0945 e. The van der Waals surface area contributed by atoms with E-state index in [4.69, 9.17) is 0 Å². The summed E-state index contributed by atoms with van der Waals surface area (Å²) >= 11 is 0. The summed E-state index contributed by atoms with van der Waals surface area (Å²) in [6.07, 6.45) is 4.45. The zero-order valence-corrected chi connectivity index (χ0v) is 10.9. The molecule has 2 N–H and O–H groups in total. The van der Waals surface area contributed by atoms with Gasteiger partial charge in [-0.05, 0) is 44.4 Å². The van der Waals surface area contributed by atoms with Crippen LogP contribution in [0, 0.1) is 13.8 Å². The number of nitrogens with one attached hydrogen (secondary N) is 1. The van der Waals surface area contributed by atoms with Crippen molar-refractivity contribution in [3.8, 4) is 0 Å². The quantitative estimate of drug-likeness (QED) is 0.823. The van der Waals surface area contributed by atoms with Gasteiger partial charge in [0.15, 0.2) is 0 Å². The lowest BCUT2D eigenvalue weighted by Crippen LogP contribution is -2.34. The van der Waals surface area contributed by atoms with Crippen LogP contribution in [0.4, 0.5) is 0 Å². The zero-order valence-electron chi connectivity index (χ0n) is 10.9. The molecule has 0 aromatic heterocycles. The van der Waals surface area contributed by atoms with Crippen LogP contribution in [-0.2, 0) is 0 Å². The van der Waals surface area contributed by atoms with Crippen LogP contribution in [0.15, 0.2) is 18.2 Å². The molecule has 2 rings (SSSR count). The van der Waals surface area contributed by atoms with Gasteiger partial charge in [-0.2, -0.15) is 0 Å². The van der Waals surface area contributed by atoms with Gasteiger partial charge in [-0.3, -0.25) is 0 Å². The Hall–Kier alpha value is -0.860.